The van der Waals surface area contributed by atoms with Gasteiger partial charge in [0.25, 0.3) is 0 Å². The molecule has 25 heavy (non-hydrogen) atoms. The molecule has 4 atom stereocenters. The molecule has 4 rings (SSSR count). The first-order chi connectivity index (χ1) is 12.1. The predicted octanol–water partition coefficient (Wildman–Crippen LogP) is 3.18. The van der Waals surface area contributed by atoms with Crippen LogP contribution in [0.5, 0.6) is 0 Å². The molecule has 132 valence electrons. The molecule has 0 saturated heterocycles. The zero-order valence-corrected chi connectivity index (χ0v) is 14.2. The van der Waals surface area contributed by atoms with Gasteiger partial charge in [-0.25, -0.2) is 9.78 Å². The summed E-state index contributed by atoms with van der Waals surface area (Å²) >= 11 is 0. The molecule has 1 aromatic carbocycles. The fourth-order valence-corrected chi connectivity index (χ4v) is 4.43. The number of oxazole rings is 1. The Morgan fingerprint density at radius 2 is 2.20 bits per heavy atom. The van der Waals surface area contributed by atoms with E-state index in [4.69, 9.17) is 4.42 Å². The van der Waals surface area contributed by atoms with Crippen LogP contribution in [-0.4, -0.2) is 28.8 Å². The van der Waals surface area contributed by atoms with E-state index in [0.717, 1.165) is 24.1 Å². The highest BCUT2D eigenvalue weighted by molar-refractivity contribution is 5.90. The number of hydrogen-bond donors (Lipinski definition) is 3. The molecule has 2 aliphatic carbocycles. The van der Waals surface area contributed by atoms with Crippen LogP contribution in [-0.2, 0) is 0 Å². The average molecular weight is 341 g/mol. The number of nitrogens with zero attached hydrogens (tertiary/aromatic N) is 1. The molecule has 0 radical (unpaired) electrons. The van der Waals surface area contributed by atoms with Crippen LogP contribution in [0.3, 0.4) is 0 Å². The van der Waals surface area contributed by atoms with Crippen LogP contribution >= 0.6 is 0 Å². The lowest BCUT2D eigenvalue weighted by Crippen LogP contribution is -2.46. The fourth-order valence-electron chi connectivity index (χ4n) is 4.43. The number of aromatic nitrogens is 1. The minimum Gasteiger partial charge on any atom is -0.444 e. The number of aliphatic hydroxyl groups excluding tert-OH is 1. The standard InChI is InChI=1S/C19H23N3O3/c1-11-10-25-18(20-11)14-3-2-4-15(8-14)21-19(24)22-17-13-6-5-12(7-13)16(17)9-23/h2-4,8,10,12-13,16-17,23H,5-7,9H2,1H3,(H2,21,22,24). The van der Waals surface area contributed by atoms with Gasteiger partial charge in [0.1, 0.15) is 6.26 Å². The summed E-state index contributed by atoms with van der Waals surface area (Å²) in [4.78, 5) is 16.7. The molecule has 6 heteroatoms. The summed E-state index contributed by atoms with van der Waals surface area (Å²) in [6.45, 7) is 2.01. The molecule has 2 fully saturated rings. The molecule has 2 saturated carbocycles. The van der Waals surface area contributed by atoms with Crippen LogP contribution in [0.15, 0.2) is 34.9 Å². The number of aliphatic hydroxyl groups is 1. The number of carbonyl (C=O) groups is 1. The Morgan fingerprint density at radius 3 is 2.96 bits per heavy atom. The Labute approximate surface area is 146 Å². The Hall–Kier alpha value is -2.34. The van der Waals surface area contributed by atoms with Gasteiger partial charge in [0.2, 0.25) is 5.89 Å². The van der Waals surface area contributed by atoms with Gasteiger partial charge in [-0.3, -0.25) is 0 Å². The van der Waals surface area contributed by atoms with Crippen molar-refractivity contribution in [2.45, 2.75) is 32.2 Å². The van der Waals surface area contributed by atoms with Gasteiger partial charge in [-0.2, -0.15) is 0 Å². The maximum atomic E-state index is 12.4. The largest absolute Gasteiger partial charge is 0.444 e. The van der Waals surface area contributed by atoms with E-state index in [-0.39, 0.29) is 24.6 Å². The second kappa shape index (κ2) is 6.52. The molecule has 4 unspecified atom stereocenters. The topological polar surface area (TPSA) is 87.4 Å². The molecule has 1 heterocycles. The zero-order valence-electron chi connectivity index (χ0n) is 14.2. The van der Waals surface area contributed by atoms with Crippen LogP contribution in [0.4, 0.5) is 10.5 Å². The normalized spacial score (nSPS) is 27.4. The molecule has 2 bridgehead atoms. The first-order valence-electron chi connectivity index (χ1n) is 8.85. The van der Waals surface area contributed by atoms with E-state index in [9.17, 15) is 9.90 Å². The molecule has 3 N–H and O–H groups in total. The van der Waals surface area contributed by atoms with Crippen molar-refractivity contribution < 1.29 is 14.3 Å². The van der Waals surface area contributed by atoms with Crippen LogP contribution < -0.4 is 10.6 Å². The predicted molar refractivity (Wildman–Crippen MR) is 94.0 cm³/mol. The number of nitrogens with one attached hydrogen (secondary N) is 2. The molecule has 2 aliphatic rings. The Morgan fingerprint density at radius 1 is 1.36 bits per heavy atom. The van der Waals surface area contributed by atoms with Crippen molar-refractivity contribution in [1.82, 2.24) is 10.3 Å². The third-order valence-corrected chi connectivity index (χ3v) is 5.58. The number of hydrogen-bond acceptors (Lipinski definition) is 4. The van der Waals surface area contributed by atoms with Gasteiger partial charge in [-0.05, 0) is 56.2 Å². The molecule has 2 amide bonds. The summed E-state index contributed by atoms with van der Waals surface area (Å²) < 4.78 is 5.41. The second-order valence-corrected chi connectivity index (χ2v) is 7.18. The number of anilines is 1. The number of fused-ring (bicyclic) bond motifs is 2. The van der Waals surface area contributed by atoms with Crippen molar-refractivity contribution in [2.24, 2.45) is 17.8 Å². The summed E-state index contributed by atoms with van der Waals surface area (Å²) in [5.74, 6) is 1.77. The van der Waals surface area contributed by atoms with Crippen LogP contribution in [0, 0.1) is 24.7 Å². The van der Waals surface area contributed by atoms with Gasteiger partial charge in [0, 0.05) is 29.8 Å². The summed E-state index contributed by atoms with van der Waals surface area (Å²) in [5, 5.41) is 15.6. The number of urea groups is 1. The van der Waals surface area contributed by atoms with Gasteiger partial charge < -0.3 is 20.2 Å². The van der Waals surface area contributed by atoms with Crippen LogP contribution in [0.1, 0.15) is 25.0 Å². The first-order valence-corrected chi connectivity index (χ1v) is 8.85. The van der Waals surface area contributed by atoms with Crippen molar-refractivity contribution in [3.8, 4) is 11.5 Å². The number of benzene rings is 1. The molecule has 2 aromatic rings. The van der Waals surface area contributed by atoms with E-state index in [2.05, 4.69) is 15.6 Å². The van der Waals surface area contributed by atoms with Crippen LogP contribution in [0.25, 0.3) is 11.5 Å². The molecule has 0 aliphatic heterocycles. The van der Waals surface area contributed by atoms with E-state index in [1.54, 1.807) is 6.26 Å². The average Bonchev–Trinajstić information content (AvgIpc) is 3.31. The lowest BCUT2D eigenvalue weighted by molar-refractivity contribution is 0.146. The number of aryl methyl sites for hydroxylation is 1. The quantitative estimate of drug-likeness (QED) is 0.797. The van der Waals surface area contributed by atoms with Gasteiger partial charge in [0.05, 0.1) is 5.69 Å². The van der Waals surface area contributed by atoms with E-state index in [1.165, 1.54) is 6.42 Å². The lowest BCUT2D eigenvalue weighted by Gasteiger charge is -2.30. The molecule has 6 nitrogen and oxygen atoms in total. The van der Waals surface area contributed by atoms with Gasteiger partial charge >= 0.3 is 6.03 Å². The zero-order chi connectivity index (χ0) is 17.4. The van der Waals surface area contributed by atoms with Crippen molar-refractivity contribution in [2.75, 3.05) is 11.9 Å². The van der Waals surface area contributed by atoms with Gasteiger partial charge in [-0.15, -0.1) is 0 Å². The Bertz CT molecular complexity index is 773. The monoisotopic (exact) mass is 341 g/mol. The number of rotatable bonds is 4. The van der Waals surface area contributed by atoms with E-state index in [0.29, 0.717) is 23.4 Å². The maximum Gasteiger partial charge on any atom is 0.319 e. The van der Waals surface area contributed by atoms with Crippen molar-refractivity contribution in [3.63, 3.8) is 0 Å². The summed E-state index contributed by atoms with van der Waals surface area (Å²) in [6.07, 6.45) is 5.04. The molecule has 0 spiro atoms. The van der Waals surface area contributed by atoms with Crippen molar-refractivity contribution in [3.05, 3.63) is 36.2 Å². The Balaban J connectivity index is 1.43. The molecule has 1 aromatic heterocycles. The minimum absolute atomic E-state index is 0.0707. The smallest absolute Gasteiger partial charge is 0.319 e. The van der Waals surface area contributed by atoms with Crippen molar-refractivity contribution in [1.29, 1.82) is 0 Å². The van der Waals surface area contributed by atoms with Crippen molar-refractivity contribution >= 4 is 11.7 Å². The summed E-state index contributed by atoms with van der Waals surface area (Å²) in [5.41, 5.74) is 2.33. The van der Waals surface area contributed by atoms with E-state index < -0.39 is 0 Å². The highest BCUT2D eigenvalue weighted by Gasteiger charge is 2.47. The first kappa shape index (κ1) is 16.1. The summed E-state index contributed by atoms with van der Waals surface area (Å²) in [7, 11) is 0. The van der Waals surface area contributed by atoms with Gasteiger partial charge in [-0.1, -0.05) is 6.07 Å². The summed E-state index contributed by atoms with van der Waals surface area (Å²) in [6, 6.07) is 7.28. The van der Waals surface area contributed by atoms with Gasteiger partial charge in [0.15, 0.2) is 0 Å². The molecular formula is C19H23N3O3. The third kappa shape index (κ3) is 3.14. The number of amides is 2. The SMILES string of the molecule is Cc1coc(-c2cccc(NC(=O)NC3C4CCC(C4)C3CO)c2)n1. The lowest BCUT2D eigenvalue weighted by atomic mass is 9.85. The fraction of sp³-hybridized carbons (Fsp3) is 0.474. The number of carbonyl (C=O) groups excluding carboxylic acids is 1. The minimum atomic E-state index is -0.225. The highest BCUT2D eigenvalue weighted by atomic mass is 16.3. The molecular weight excluding hydrogens is 318 g/mol. The van der Waals surface area contributed by atoms with E-state index >= 15 is 0 Å². The van der Waals surface area contributed by atoms with Crippen LogP contribution in [0.2, 0.25) is 0 Å². The third-order valence-electron chi connectivity index (χ3n) is 5.58. The Kier molecular flexibility index (Phi) is 4.21. The second-order valence-electron chi connectivity index (χ2n) is 7.18. The highest BCUT2D eigenvalue weighted by Crippen LogP contribution is 2.48. The van der Waals surface area contributed by atoms with E-state index in [1.807, 2.05) is 31.2 Å². The maximum absolute atomic E-state index is 12.4.